The summed E-state index contributed by atoms with van der Waals surface area (Å²) in [5.41, 5.74) is 4.33. The van der Waals surface area contributed by atoms with Crippen LogP contribution in [0.2, 0.25) is 0 Å². The molecule has 0 spiro atoms. The highest BCUT2D eigenvalue weighted by atomic mass is 32.2. The summed E-state index contributed by atoms with van der Waals surface area (Å²) in [5.74, 6) is 0.207. The third-order valence-corrected chi connectivity index (χ3v) is 6.90. The molecule has 0 fully saturated rings. The van der Waals surface area contributed by atoms with Crippen LogP contribution in [0.4, 0.5) is 5.69 Å². The number of nitrogens with one attached hydrogen (secondary N) is 2. The molecular formula is C26H30N2O4S. The van der Waals surface area contributed by atoms with Gasteiger partial charge >= 0.3 is 0 Å². The number of rotatable bonds is 9. The first-order chi connectivity index (χ1) is 15.7. The molecule has 0 saturated carbocycles. The Morgan fingerprint density at radius 1 is 0.909 bits per heavy atom. The largest absolute Gasteiger partial charge is 0.494 e. The van der Waals surface area contributed by atoms with E-state index in [1.54, 1.807) is 19.1 Å². The highest BCUT2D eigenvalue weighted by molar-refractivity contribution is 7.89. The van der Waals surface area contributed by atoms with Crippen LogP contribution in [0.1, 0.15) is 29.2 Å². The van der Waals surface area contributed by atoms with E-state index in [0.29, 0.717) is 23.6 Å². The van der Waals surface area contributed by atoms with E-state index in [2.05, 4.69) is 10.0 Å². The molecule has 0 aliphatic heterocycles. The summed E-state index contributed by atoms with van der Waals surface area (Å²) in [4.78, 5) is 13.3. The summed E-state index contributed by atoms with van der Waals surface area (Å²) in [6.45, 7) is 8.10. The molecule has 0 heterocycles. The predicted octanol–water partition coefficient (Wildman–Crippen LogP) is 4.54. The highest BCUT2D eigenvalue weighted by Gasteiger charge is 2.27. The van der Waals surface area contributed by atoms with Gasteiger partial charge < -0.3 is 10.1 Å². The molecule has 1 atom stereocenters. The topological polar surface area (TPSA) is 84.5 Å². The molecular weight excluding hydrogens is 436 g/mol. The maximum atomic E-state index is 13.2. The maximum absolute atomic E-state index is 13.2. The van der Waals surface area contributed by atoms with Crippen molar-refractivity contribution < 1.29 is 17.9 Å². The van der Waals surface area contributed by atoms with Crippen molar-refractivity contribution >= 4 is 21.6 Å². The van der Waals surface area contributed by atoms with Crippen molar-refractivity contribution in [3.05, 3.63) is 89.0 Å². The molecule has 1 unspecified atom stereocenters. The number of carbonyl (C=O) groups is 1. The fourth-order valence-corrected chi connectivity index (χ4v) is 4.73. The number of sulfonamides is 1. The van der Waals surface area contributed by atoms with Gasteiger partial charge in [-0.05, 0) is 86.7 Å². The Balaban J connectivity index is 1.87. The van der Waals surface area contributed by atoms with Crippen molar-refractivity contribution in [2.45, 2.75) is 45.1 Å². The second-order valence-corrected chi connectivity index (χ2v) is 9.73. The second kappa shape index (κ2) is 10.6. The van der Waals surface area contributed by atoms with E-state index in [4.69, 9.17) is 4.74 Å². The van der Waals surface area contributed by atoms with Crippen LogP contribution in [0.3, 0.4) is 0 Å². The lowest BCUT2D eigenvalue weighted by atomic mass is 10.1. The fraction of sp³-hybridized carbons (Fsp3) is 0.269. The standard InChI is InChI=1S/C26H30N2O4S/c1-5-32-25-14-13-23(16-20(25)4)33(30,31)28-24(17-21-9-7-6-8-10-21)26(29)27-22-12-11-18(2)19(3)15-22/h6-16,24,28H,5,17H2,1-4H3,(H,27,29). The number of amides is 1. The SMILES string of the molecule is CCOc1ccc(S(=O)(=O)NC(Cc2ccccc2)C(=O)Nc2ccc(C)c(C)c2)cc1C. The van der Waals surface area contributed by atoms with Crippen LogP contribution < -0.4 is 14.8 Å². The van der Waals surface area contributed by atoms with Crippen molar-refractivity contribution in [3.63, 3.8) is 0 Å². The van der Waals surface area contributed by atoms with E-state index >= 15 is 0 Å². The second-order valence-electron chi connectivity index (χ2n) is 8.01. The molecule has 0 radical (unpaired) electrons. The predicted molar refractivity (Wildman–Crippen MR) is 131 cm³/mol. The molecule has 1 amide bonds. The van der Waals surface area contributed by atoms with Crippen molar-refractivity contribution in [2.24, 2.45) is 0 Å². The van der Waals surface area contributed by atoms with Crippen molar-refractivity contribution in [1.82, 2.24) is 4.72 Å². The smallest absolute Gasteiger partial charge is 0.242 e. The van der Waals surface area contributed by atoms with Crippen LogP contribution in [0.25, 0.3) is 0 Å². The number of hydrogen-bond acceptors (Lipinski definition) is 4. The first kappa shape index (κ1) is 24.5. The van der Waals surface area contributed by atoms with Gasteiger partial charge in [0.1, 0.15) is 11.8 Å². The quantitative estimate of drug-likeness (QED) is 0.485. The van der Waals surface area contributed by atoms with Gasteiger partial charge in [0.2, 0.25) is 15.9 Å². The van der Waals surface area contributed by atoms with Crippen LogP contribution in [-0.4, -0.2) is 27.0 Å². The molecule has 174 valence electrons. The molecule has 0 bridgehead atoms. The first-order valence-corrected chi connectivity index (χ1v) is 12.4. The molecule has 2 N–H and O–H groups in total. The Hall–Kier alpha value is -3.16. The van der Waals surface area contributed by atoms with E-state index in [-0.39, 0.29) is 11.3 Å². The van der Waals surface area contributed by atoms with Gasteiger partial charge in [0.15, 0.2) is 0 Å². The van der Waals surface area contributed by atoms with Crippen molar-refractivity contribution in [3.8, 4) is 5.75 Å². The Morgan fingerprint density at radius 2 is 1.64 bits per heavy atom. The van der Waals surface area contributed by atoms with Gasteiger partial charge in [0.05, 0.1) is 11.5 Å². The average Bonchev–Trinajstić information content (AvgIpc) is 2.78. The highest BCUT2D eigenvalue weighted by Crippen LogP contribution is 2.22. The van der Waals surface area contributed by atoms with Gasteiger partial charge in [0, 0.05) is 5.69 Å². The van der Waals surface area contributed by atoms with Crippen LogP contribution in [0, 0.1) is 20.8 Å². The number of benzene rings is 3. The number of anilines is 1. The van der Waals surface area contributed by atoms with E-state index in [1.165, 1.54) is 6.07 Å². The van der Waals surface area contributed by atoms with E-state index in [9.17, 15) is 13.2 Å². The first-order valence-electron chi connectivity index (χ1n) is 10.9. The maximum Gasteiger partial charge on any atom is 0.242 e. The summed E-state index contributed by atoms with van der Waals surface area (Å²) >= 11 is 0. The lowest BCUT2D eigenvalue weighted by Crippen LogP contribution is -2.45. The normalized spacial score (nSPS) is 12.2. The lowest BCUT2D eigenvalue weighted by molar-refractivity contribution is -0.117. The number of ether oxygens (including phenoxy) is 1. The monoisotopic (exact) mass is 466 g/mol. The van der Waals surface area contributed by atoms with E-state index in [0.717, 1.165) is 16.7 Å². The Labute approximate surface area is 196 Å². The number of carbonyl (C=O) groups excluding carboxylic acids is 1. The minimum Gasteiger partial charge on any atom is -0.494 e. The van der Waals surface area contributed by atoms with Crippen LogP contribution in [0.15, 0.2) is 71.6 Å². The molecule has 0 aliphatic rings. The molecule has 3 aromatic rings. The third kappa shape index (κ3) is 6.43. The zero-order chi connectivity index (χ0) is 24.0. The van der Waals surface area contributed by atoms with Gasteiger partial charge in [0.25, 0.3) is 0 Å². The number of hydrogen-bond donors (Lipinski definition) is 2. The number of aryl methyl sites for hydroxylation is 3. The van der Waals surface area contributed by atoms with Gasteiger partial charge in [-0.1, -0.05) is 36.4 Å². The van der Waals surface area contributed by atoms with Gasteiger partial charge in [-0.15, -0.1) is 0 Å². The minimum atomic E-state index is -3.95. The summed E-state index contributed by atoms with van der Waals surface area (Å²) in [6, 6.07) is 18.6. The van der Waals surface area contributed by atoms with Gasteiger partial charge in [-0.2, -0.15) is 4.72 Å². The summed E-state index contributed by atoms with van der Waals surface area (Å²) in [6.07, 6.45) is 0.215. The molecule has 0 aromatic heterocycles. The lowest BCUT2D eigenvalue weighted by Gasteiger charge is -2.20. The van der Waals surface area contributed by atoms with Crippen molar-refractivity contribution in [2.75, 3.05) is 11.9 Å². The van der Waals surface area contributed by atoms with Gasteiger partial charge in [-0.3, -0.25) is 4.79 Å². The van der Waals surface area contributed by atoms with Crippen LogP contribution in [-0.2, 0) is 21.2 Å². The molecule has 33 heavy (non-hydrogen) atoms. The zero-order valence-electron chi connectivity index (χ0n) is 19.4. The minimum absolute atomic E-state index is 0.0838. The third-order valence-electron chi connectivity index (χ3n) is 5.43. The van der Waals surface area contributed by atoms with E-state index in [1.807, 2.05) is 69.3 Å². The fourth-order valence-electron chi connectivity index (χ4n) is 3.45. The van der Waals surface area contributed by atoms with Gasteiger partial charge in [-0.25, -0.2) is 8.42 Å². The Morgan fingerprint density at radius 3 is 2.27 bits per heavy atom. The molecule has 3 aromatic carbocycles. The van der Waals surface area contributed by atoms with Crippen molar-refractivity contribution in [1.29, 1.82) is 0 Å². The van der Waals surface area contributed by atoms with Crippen LogP contribution >= 0.6 is 0 Å². The van der Waals surface area contributed by atoms with Crippen LogP contribution in [0.5, 0.6) is 5.75 Å². The average molecular weight is 467 g/mol. The van der Waals surface area contributed by atoms with E-state index < -0.39 is 22.0 Å². The Kier molecular flexibility index (Phi) is 7.89. The molecule has 6 nitrogen and oxygen atoms in total. The molecule has 0 saturated heterocycles. The summed E-state index contributed by atoms with van der Waals surface area (Å²) < 4.78 is 34.5. The molecule has 0 aliphatic carbocycles. The summed E-state index contributed by atoms with van der Waals surface area (Å²) in [7, 11) is -3.95. The Bertz CT molecular complexity index is 1220. The zero-order valence-corrected chi connectivity index (χ0v) is 20.2. The molecule has 7 heteroatoms. The molecule has 3 rings (SSSR count). The summed E-state index contributed by atoms with van der Waals surface area (Å²) in [5, 5.41) is 2.86.